The minimum atomic E-state index is -0.426. The second-order valence-electron chi connectivity index (χ2n) is 2.23. The molecule has 0 saturated carbocycles. The summed E-state index contributed by atoms with van der Waals surface area (Å²) in [6.07, 6.45) is 3.87. The second-order valence-corrected chi connectivity index (χ2v) is 2.23. The van der Waals surface area contributed by atoms with Gasteiger partial charge in [0.15, 0.2) is 0 Å². The average Bonchev–Trinajstić information content (AvgIpc) is 1.88. The zero-order chi connectivity index (χ0) is 7.40. The third kappa shape index (κ3) is 1.97. The molecule has 0 amide bonds. The Kier molecular flexibility index (Phi) is 2.65. The molecule has 53 valence electrons. The van der Waals surface area contributed by atoms with E-state index in [0.717, 1.165) is 12.7 Å². The van der Waals surface area contributed by atoms with Gasteiger partial charge in [0.2, 0.25) is 0 Å². The highest BCUT2D eigenvalue weighted by atomic mass is 16.3. The molecule has 1 heterocycles. The fourth-order valence-corrected chi connectivity index (χ4v) is 0.937. The van der Waals surface area contributed by atoms with Gasteiger partial charge in [0, 0.05) is 13.1 Å². The molecule has 0 aromatic rings. The Morgan fingerprint density at radius 2 is 2.60 bits per heavy atom. The number of β-amino-alcohol motifs (C(OH)–C–C–N with tert-alkyl or cyclic N) is 1. The number of hydrogen-bond acceptors (Lipinski definition) is 3. The smallest absolute Gasteiger partial charge is 0.293 e. The van der Waals surface area contributed by atoms with Crippen LogP contribution in [0, 0.1) is 0 Å². The number of aliphatic hydroxyl groups excluding tert-OH is 1. The van der Waals surface area contributed by atoms with E-state index in [1.165, 1.54) is 7.41 Å². The predicted octanol–water partition coefficient (Wildman–Crippen LogP) is -0.972. The minimum Gasteiger partial charge on any atom is -0.388 e. The van der Waals surface area contributed by atoms with Gasteiger partial charge in [-0.3, -0.25) is 0 Å². The predicted molar refractivity (Wildman–Crippen MR) is 39.2 cm³/mol. The van der Waals surface area contributed by atoms with Crippen molar-refractivity contribution in [3.8, 4) is 0 Å². The van der Waals surface area contributed by atoms with Crippen LogP contribution in [-0.4, -0.2) is 42.7 Å². The van der Waals surface area contributed by atoms with Gasteiger partial charge in [0.25, 0.3) is 7.41 Å². The third-order valence-corrected chi connectivity index (χ3v) is 1.39. The molecule has 0 aromatic carbocycles. The Hall–Kier alpha value is -0.605. The van der Waals surface area contributed by atoms with Gasteiger partial charge < -0.3 is 14.7 Å². The highest BCUT2D eigenvalue weighted by molar-refractivity contribution is 6.64. The van der Waals surface area contributed by atoms with Gasteiger partial charge in [-0.1, -0.05) is 12.2 Å². The third-order valence-electron chi connectivity index (χ3n) is 1.39. The van der Waals surface area contributed by atoms with E-state index in [9.17, 15) is 4.79 Å². The molecule has 1 atom stereocenters. The van der Waals surface area contributed by atoms with Gasteiger partial charge >= 0.3 is 0 Å². The van der Waals surface area contributed by atoms with Gasteiger partial charge in [-0.25, -0.2) is 0 Å². The van der Waals surface area contributed by atoms with Gasteiger partial charge in [-0.15, -0.1) is 0 Å². The molecule has 1 aliphatic heterocycles. The molecule has 1 N–H and O–H groups in total. The molecular formula is C6H9BNO2. The van der Waals surface area contributed by atoms with Crippen LogP contribution in [-0.2, 0) is 4.79 Å². The lowest BCUT2D eigenvalue weighted by atomic mass is 9.92. The molecule has 1 unspecified atom stereocenters. The SMILES string of the molecule is O=C[B]N1CC=CC(O)C1. The molecule has 0 fully saturated rings. The summed E-state index contributed by atoms with van der Waals surface area (Å²) in [6, 6.07) is 0. The maximum atomic E-state index is 9.98. The van der Waals surface area contributed by atoms with Crippen LogP contribution in [0.4, 0.5) is 0 Å². The van der Waals surface area contributed by atoms with Crippen LogP contribution in [0.25, 0.3) is 0 Å². The van der Waals surface area contributed by atoms with Gasteiger partial charge in [-0.2, -0.15) is 0 Å². The molecule has 1 aliphatic rings. The molecule has 4 heteroatoms. The maximum Gasteiger partial charge on any atom is 0.293 e. The number of rotatable bonds is 2. The first kappa shape index (κ1) is 7.50. The lowest BCUT2D eigenvalue weighted by molar-refractivity contribution is 0.185. The van der Waals surface area contributed by atoms with E-state index < -0.39 is 6.10 Å². The van der Waals surface area contributed by atoms with Crippen molar-refractivity contribution in [1.29, 1.82) is 0 Å². The van der Waals surface area contributed by atoms with E-state index >= 15 is 0 Å². The van der Waals surface area contributed by atoms with Crippen LogP contribution in [0.2, 0.25) is 0 Å². The summed E-state index contributed by atoms with van der Waals surface area (Å²) in [7, 11) is 1.44. The van der Waals surface area contributed by atoms with Gasteiger partial charge in [-0.05, 0) is 0 Å². The topological polar surface area (TPSA) is 40.5 Å². The average molecular weight is 138 g/mol. The monoisotopic (exact) mass is 138 g/mol. The summed E-state index contributed by atoms with van der Waals surface area (Å²) in [5.41, 5.74) is 0. The number of carbonyl (C=O) groups is 1. The first-order chi connectivity index (χ1) is 4.83. The highest BCUT2D eigenvalue weighted by Crippen LogP contribution is 1.98. The Morgan fingerprint density at radius 3 is 3.20 bits per heavy atom. The highest BCUT2D eigenvalue weighted by Gasteiger charge is 2.12. The zero-order valence-corrected chi connectivity index (χ0v) is 5.60. The fourth-order valence-electron chi connectivity index (χ4n) is 0.937. The summed E-state index contributed by atoms with van der Waals surface area (Å²) in [5.74, 6) is 0. The minimum absolute atomic E-state index is 0.426. The van der Waals surface area contributed by atoms with E-state index in [4.69, 9.17) is 5.11 Å². The Balaban J connectivity index is 2.36. The van der Waals surface area contributed by atoms with Crippen LogP contribution in [0.5, 0.6) is 0 Å². The first-order valence-corrected chi connectivity index (χ1v) is 3.20. The van der Waals surface area contributed by atoms with E-state index in [2.05, 4.69) is 0 Å². The Bertz CT molecular complexity index is 149. The molecule has 0 aromatic heterocycles. The second kappa shape index (κ2) is 3.54. The maximum absolute atomic E-state index is 9.98. The number of nitrogens with zero attached hydrogens (tertiary/aromatic N) is 1. The number of aliphatic hydroxyl groups is 1. The van der Waals surface area contributed by atoms with E-state index in [1.54, 1.807) is 10.9 Å². The largest absolute Gasteiger partial charge is 0.388 e. The van der Waals surface area contributed by atoms with E-state index in [1.807, 2.05) is 6.08 Å². The lowest BCUT2D eigenvalue weighted by Crippen LogP contribution is -2.38. The number of carbonyl (C=O) groups excluding carboxylic acids is 1. The number of hydrogen-bond donors (Lipinski definition) is 1. The molecule has 0 spiro atoms. The van der Waals surface area contributed by atoms with Crippen molar-refractivity contribution < 1.29 is 9.90 Å². The molecule has 0 aliphatic carbocycles. The van der Waals surface area contributed by atoms with Crippen molar-refractivity contribution in [2.24, 2.45) is 0 Å². The standard InChI is InChI=1S/C6H9BNO2/c9-5-7-8-3-1-2-6(10)4-8/h1-2,5-6,10H,3-4H2. The lowest BCUT2D eigenvalue weighted by Gasteiger charge is -2.23. The molecule has 1 radical (unpaired) electrons. The summed E-state index contributed by atoms with van der Waals surface area (Å²) in [4.78, 5) is 11.7. The van der Waals surface area contributed by atoms with Crippen LogP contribution < -0.4 is 0 Å². The normalized spacial score (nSPS) is 26.3. The Morgan fingerprint density at radius 1 is 1.80 bits per heavy atom. The van der Waals surface area contributed by atoms with Crippen molar-refractivity contribution in [3.63, 3.8) is 0 Å². The molecular weight excluding hydrogens is 129 g/mol. The van der Waals surface area contributed by atoms with Crippen molar-refractivity contribution in [3.05, 3.63) is 12.2 Å². The molecule has 3 nitrogen and oxygen atoms in total. The first-order valence-electron chi connectivity index (χ1n) is 3.20. The zero-order valence-electron chi connectivity index (χ0n) is 5.60. The van der Waals surface area contributed by atoms with Gasteiger partial charge in [0.05, 0.1) is 12.3 Å². The van der Waals surface area contributed by atoms with Crippen LogP contribution >= 0.6 is 0 Å². The van der Waals surface area contributed by atoms with Gasteiger partial charge in [0.1, 0.15) is 0 Å². The molecule has 1 rings (SSSR count). The van der Waals surface area contributed by atoms with Crippen LogP contribution in [0.1, 0.15) is 0 Å². The quantitative estimate of drug-likeness (QED) is 0.303. The summed E-state index contributed by atoms with van der Waals surface area (Å²) >= 11 is 0. The fraction of sp³-hybridized carbons (Fsp3) is 0.500. The van der Waals surface area contributed by atoms with E-state index in [-0.39, 0.29) is 0 Å². The summed E-state index contributed by atoms with van der Waals surface area (Å²) in [5, 5.41) is 9.04. The summed E-state index contributed by atoms with van der Waals surface area (Å²) < 4.78 is 0. The molecule has 0 bridgehead atoms. The molecule has 10 heavy (non-hydrogen) atoms. The summed E-state index contributed by atoms with van der Waals surface area (Å²) in [6.45, 7) is 1.24. The van der Waals surface area contributed by atoms with Crippen molar-refractivity contribution in [1.82, 2.24) is 4.81 Å². The van der Waals surface area contributed by atoms with E-state index in [0.29, 0.717) is 6.54 Å². The molecule has 0 saturated heterocycles. The van der Waals surface area contributed by atoms with Crippen molar-refractivity contribution in [2.75, 3.05) is 13.1 Å². The van der Waals surface area contributed by atoms with Crippen molar-refractivity contribution >= 4 is 13.6 Å². The van der Waals surface area contributed by atoms with Crippen molar-refractivity contribution in [2.45, 2.75) is 6.10 Å². The van der Waals surface area contributed by atoms with Crippen LogP contribution in [0.15, 0.2) is 12.2 Å². The Labute approximate surface area is 60.6 Å². The van der Waals surface area contributed by atoms with Crippen LogP contribution in [0.3, 0.4) is 0 Å².